The highest BCUT2D eigenvalue weighted by Gasteiger charge is 2.05. The van der Waals surface area contributed by atoms with Gasteiger partial charge >= 0.3 is 5.97 Å². The molecule has 0 aromatic rings. The van der Waals surface area contributed by atoms with Crippen molar-refractivity contribution in [3.8, 4) is 0 Å². The SMILES string of the molecule is CCN(N=C(C)C(=O)O)SCCOC. The van der Waals surface area contributed by atoms with Gasteiger partial charge in [0.2, 0.25) is 0 Å². The van der Waals surface area contributed by atoms with Crippen LogP contribution in [-0.2, 0) is 9.53 Å². The normalized spacial score (nSPS) is 11.5. The molecule has 0 aliphatic carbocycles. The van der Waals surface area contributed by atoms with Gasteiger partial charge in [-0.3, -0.25) is 0 Å². The van der Waals surface area contributed by atoms with Crippen LogP contribution in [0.3, 0.4) is 0 Å². The standard InChI is InChI=1S/C8H16N2O3S/c1-4-10(14-6-5-13-3)9-7(2)8(11)12/h4-6H2,1-3H3,(H,11,12). The minimum absolute atomic E-state index is 0.0942. The van der Waals surface area contributed by atoms with Gasteiger partial charge in [0.15, 0.2) is 0 Å². The zero-order chi connectivity index (χ0) is 11.0. The molecule has 0 aliphatic heterocycles. The number of aliphatic carboxylic acids is 1. The molecule has 0 amide bonds. The first kappa shape index (κ1) is 13.2. The molecule has 0 saturated carbocycles. The Morgan fingerprint density at radius 2 is 2.29 bits per heavy atom. The summed E-state index contributed by atoms with van der Waals surface area (Å²) in [7, 11) is 1.63. The van der Waals surface area contributed by atoms with Crippen molar-refractivity contribution in [2.24, 2.45) is 5.10 Å². The summed E-state index contributed by atoms with van der Waals surface area (Å²) in [4.78, 5) is 10.5. The van der Waals surface area contributed by atoms with Crippen molar-refractivity contribution < 1.29 is 14.6 Å². The fourth-order valence-electron chi connectivity index (χ4n) is 0.627. The second kappa shape index (κ2) is 7.64. The number of rotatable bonds is 7. The molecule has 0 aliphatic rings. The van der Waals surface area contributed by atoms with E-state index in [0.29, 0.717) is 13.2 Å². The topological polar surface area (TPSA) is 62.1 Å². The molecule has 6 heteroatoms. The molecule has 82 valence electrons. The lowest BCUT2D eigenvalue weighted by Crippen LogP contribution is -2.17. The molecule has 14 heavy (non-hydrogen) atoms. The Balaban J connectivity index is 4.01. The fourth-order valence-corrected chi connectivity index (χ4v) is 1.44. The van der Waals surface area contributed by atoms with Gasteiger partial charge in [0.05, 0.1) is 6.61 Å². The highest BCUT2D eigenvalue weighted by molar-refractivity contribution is 7.97. The molecular formula is C8H16N2O3S. The number of carboxylic acid groups (broad SMARTS) is 1. The largest absolute Gasteiger partial charge is 0.477 e. The van der Waals surface area contributed by atoms with E-state index >= 15 is 0 Å². The van der Waals surface area contributed by atoms with E-state index in [1.54, 1.807) is 11.5 Å². The van der Waals surface area contributed by atoms with Crippen LogP contribution in [0, 0.1) is 0 Å². The molecule has 0 fully saturated rings. The van der Waals surface area contributed by atoms with Crippen molar-refractivity contribution in [3.63, 3.8) is 0 Å². The number of hydrazone groups is 1. The van der Waals surface area contributed by atoms with Crippen molar-refractivity contribution >= 4 is 23.6 Å². The smallest absolute Gasteiger partial charge is 0.351 e. The number of methoxy groups -OCH3 is 1. The van der Waals surface area contributed by atoms with Crippen LogP contribution in [0.5, 0.6) is 0 Å². The van der Waals surface area contributed by atoms with E-state index in [9.17, 15) is 4.79 Å². The zero-order valence-electron chi connectivity index (χ0n) is 8.69. The van der Waals surface area contributed by atoms with Gasteiger partial charge in [0.1, 0.15) is 5.71 Å². The summed E-state index contributed by atoms with van der Waals surface area (Å²) in [5, 5.41) is 12.5. The van der Waals surface area contributed by atoms with Crippen LogP contribution in [0.4, 0.5) is 0 Å². The molecule has 0 heterocycles. The first-order valence-electron chi connectivity index (χ1n) is 4.29. The Hall–Kier alpha value is -0.750. The summed E-state index contributed by atoms with van der Waals surface area (Å²) in [6.07, 6.45) is 0. The van der Waals surface area contributed by atoms with Crippen molar-refractivity contribution in [3.05, 3.63) is 0 Å². The minimum Gasteiger partial charge on any atom is -0.477 e. The van der Waals surface area contributed by atoms with Crippen LogP contribution in [0.25, 0.3) is 0 Å². The lowest BCUT2D eigenvalue weighted by Gasteiger charge is -2.15. The summed E-state index contributed by atoms with van der Waals surface area (Å²) in [6, 6.07) is 0. The third kappa shape index (κ3) is 5.82. The Kier molecular flexibility index (Phi) is 7.23. The summed E-state index contributed by atoms with van der Waals surface area (Å²) in [5.41, 5.74) is 0.0942. The highest BCUT2D eigenvalue weighted by Crippen LogP contribution is 2.09. The van der Waals surface area contributed by atoms with E-state index in [-0.39, 0.29) is 5.71 Å². The van der Waals surface area contributed by atoms with Crippen LogP contribution in [0.2, 0.25) is 0 Å². The van der Waals surface area contributed by atoms with Gasteiger partial charge in [-0.15, -0.1) is 0 Å². The molecule has 0 spiro atoms. The fraction of sp³-hybridized carbons (Fsp3) is 0.750. The summed E-state index contributed by atoms with van der Waals surface area (Å²) in [6.45, 7) is 4.68. The van der Waals surface area contributed by atoms with E-state index in [4.69, 9.17) is 9.84 Å². The predicted octanol–water partition coefficient (Wildman–Crippen LogP) is 1.06. The number of carbonyl (C=O) groups is 1. The zero-order valence-corrected chi connectivity index (χ0v) is 9.50. The first-order chi connectivity index (χ1) is 6.61. The molecule has 0 aromatic carbocycles. The molecule has 0 radical (unpaired) electrons. The highest BCUT2D eigenvalue weighted by atomic mass is 32.2. The lowest BCUT2D eigenvalue weighted by atomic mass is 10.4. The van der Waals surface area contributed by atoms with E-state index in [1.807, 2.05) is 6.92 Å². The summed E-state index contributed by atoms with van der Waals surface area (Å²) < 4.78 is 6.52. The number of carboxylic acids is 1. The monoisotopic (exact) mass is 220 g/mol. The predicted molar refractivity (Wildman–Crippen MR) is 57.5 cm³/mol. The average Bonchev–Trinajstić information content (AvgIpc) is 2.16. The number of hydrogen-bond donors (Lipinski definition) is 1. The van der Waals surface area contributed by atoms with Crippen LogP contribution in [0.15, 0.2) is 5.10 Å². The van der Waals surface area contributed by atoms with E-state index < -0.39 is 5.97 Å². The van der Waals surface area contributed by atoms with Crippen molar-refractivity contribution in [1.82, 2.24) is 4.41 Å². The Morgan fingerprint density at radius 3 is 2.71 bits per heavy atom. The van der Waals surface area contributed by atoms with Crippen molar-refractivity contribution in [2.75, 3.05) is 26.0 Å². The van der Waals surface area contributed by atoms with Gasteiger partial charge in [0, 0.05) is 19.4 Å². The van der Waals surface area contributed by atoms with Gasteiger partial charge in [0.25, 0.3) is 0 Å². The molecule has 0 atom stereocenters. The summed E-state index contributed by atoms with van der Waals surface area (Å²) in [5.74, 6) is -0.225. The molecule has 0 bridgehead atoms. The first-order valence-corrected chi connectivity index (χ1v) is 5.24. The lowest BCUT2D eigenvalue weighted by molar-refractivity contribution is -0.129. The molecule has 1 N–H and O–H groups in total. The number of ether oxygens (including phenoxy) is 1. The van der Waals surface area contributed by atoms with E-state index in [0.717, 1.165) is 5.75 Å². The second-order valence-electron chi connectivity index (χ2n) is 2.48. The van der Waals surface area contributed by atoms with E-state index in [2.05, 4.69) is 5.10 Å². The molecule has 0 unspecified atom stereocenters. The maximum atomic E-state index is 10.5. The van der Waals surface area contributed by atoms with Gasteiger partial charge in [-0.05, 0) is 25.8 Å². The second-order valence-corrected chi connectivity index (χ2v) is 3.57. The van der Waals surface area contributed by atoms with Gasteiger partial charge in [-0.25, -0.2) is 9.21 Å². The van der Waals surface area contributed by atoms with Gasteiger partial charge in [-0.2, -0.15) is 5.10 Å². The minimum atomic E-state index is -0.990. The quantitative estimate of drug-likeness (QED) is 0.301. The van der Waals surface area contributed by atoms with Crippen LogP contribution in [-0.4, -0.2) is 47.2 Å². The van der Waals surface area contributed by atoms with Crippen LogP contribution in [0.1, 0.15) is 13.8 Å². The molecular weight excluding hydrogens is 204 g/mol. The Labute approximate surface area is 88.2 Å². The van der Waals surface area contributed by atoms with Gasteiger partial charge < -0.3 is 9.84 Å². The molecule has 5 nitrogen and oxygen atoms in total. The third-order valence-electron chi connectivity index (χ3n) is 1.37. The molecule has 0 rings (SSSR count). The molecule has 0 aromatic heterocycles. The van der Waals surface area contributed by atoms with Crippen LogP contribution >= 0.6 is 11.9 Å². The average molecular weight is 220 g/mol. The van der Waals surface area contributed by atoms with E-state index in [1.165, 1.54) is 18.9 Å². The number of hydrogen-bond acceptors (Lipinski definition) is 5. The maximum absolute atomic E-state index is 10.5. The molecule has 0 saturated heterocycles. The van der Waals surface area contributed by atoms with Gasteiger partial charge in [-0.1, -0.05) is 0 Å². The Bertz CT molecular complexity index is 209. The summed E-state index contributed by atoms with van der Waals surface area (Å²) >= 11 is 1.45. The Morgan fingerprint density at radius 1 is 1.64 bits per heavy atom. The maximum Gasteiger partial charge on any atom is 0.351 e. The van der Waals surface area contributed by atoms with Crippen molar-refractivity contribution in [2.45, 2.75) is 13.8 Å². The van der Waals surface area contributed by atoms with Crippen molar-refractivity contribution in [1.29, 1.82) is 0 Å². The third-order valence-corrected chi connectivity index (χ3v) is 2.36. The van der Waals surface area contributed by atoms with Crippen LogP contribution < -0.4 is 0 Å². The number of nitrogens with zero attached hydrogens (tertiary/aromatic N) is 2.